The van der Waals surface area contributed by atoms with Crippen molar-refractivity contribution in [2.24, 2.45) is 0 Å². The number of Topliss-reactive ketones (excluding diaryl/α,β-unsaturated/α-hetero) is 1. The van der Waals surface area contributed by atoms with Crippen molar-refractivity contribution in [3.05, 3.63) is 73.5 Å². The predicted octanol–water partition coefficient (Wildman–Crippen LogP) is 5.22. The van der Waals surface area contributed by atoms with E-state index in [4.69, 9.17) is 14.2 Å². The molecule has 0 saturated carbocycles. The lowest BCUT2D eigenvalue weighted by Crippen LogP contribution is -2.29. The Kier molecular flexibility index (Phi) is 6.78. The Morgan fingerprint density at radius 3 is 2.39 bits per heavy atom. The molecule has 0 saturated heterocycles. The van der Waals surface area contributed by atoms with E-state index in [0.717, 1.165) is 20.4 Å². The highest BCUT2D eigenvalue weighted by Gasteiger charge is 2.43. The highest BCUT2D eigenvalue weighted by Crippen LogP contribution is 2.48. The van der Waals surface area contributed by atoms with Gasteiger partial charge in [0.05, 0.1) is 34.7 Å². The Labute approximate surface area is 207 Å². The van der Waals surface area contributed by atoms with Crippen LogP contribution in [0, 0.1) is 3.57 Å². The largest absolute Gasteiger partial charge is 0.490 e. The van der Waals surface area contributed by atoms with E-state index in [1.165, 1.54) is 0 Å². The summed E-state index contributed by atoms with van der Waals surface area (Å²) in [6, 6.07) is 11.3. The van der Waals surface area contributed by atoms with E-state index in [9.17, 15) is 9.59 Å². The van der Waals surface area contributed by atoms with Gasteiger partial charge >= 0.3 is 5.97 Å². The highest BCUT2D eigenvalue weighted by molar-refractivity contribution is 14.1. The van der Waals surface area contributed by atoms with Gasteiger partial charge in [-0.2, -0.15) is 0 Å². The molecular weight excluding hydrogens is 533 g/mol. The maximum atomic E-state index is 13.6. The van der Waals surface area contributed by atoms with Crippen LogP contribution in [-0.4, -0.2) is 31.6 Å². The normalized spacial score (nSPS) is 16.9. The first-order chi connectivity index (χ1) is 15.9. The number of rotatable bonds is 7. The maximum absolute atomic E-state index is 13.6. The molecule has 1 heterocycles. The molecule has 7 heteroatoms. The van der Waals surface area contributed by atoms with Crippen molar-refractivity contribution >= 4 is 40.0 Å². The Morgan fingerprint density at radius 1 is 1.03 bits per heavy atom. The van der Waals surface area contributed by atoms with Gasteiger partial charge in [-0.25, -0.2) is 4.79 Å². The maximum Gasteiger partial charge on any atom is 0.336 e. The number of carbonyl (C=O) groups is 2. The molecule has 1 aliphatic heterocycles. The molecule has 2 aromatic rings. The van der Waals surface area contributed by atoms with Crippen molar-refractivity contribution in [2.45, 2.75) is 33.6 Å². The van der Waals surface area contributed by atoms with Gasteiger partial charge in [-0.05, 0) is 68.0 Å². The Bertz CT molecular complexity index is 1200. The molecule has 0 radical (unpaired) electrons. The van der Waals surface area contributed by atoms with Crippen LogP contribution in [0.2, 0.25) is 0 Å². The zero-order valence-electron chi connectivity index (χ0n) is 19.1. The van der Waals surface area contributed by atoms with Crippen LogP contribution in [0.25, 0.3) is 5.70 Å². The van der Waals surface area contributed by atoms with Gasteiger partial charge in [0.15, 0.2) is 17.3 Å². The van der Waals surface area contributed by atoms with E-state index in [1.807, 2.05) is 57.2 Å². The number of benzene rings is 2. The number of allylic oxidation sites excluding steroid dienone is 2. The molecule has 1 N–H and O–H groups in total. The average Bonchev–Trinajstić information content (AvgIpc) is 3.07. The van der Waals surface area contributed by atoms with Crippen LogP contribution in [-0.2, 0) is 9.53 Å². The minimum atomic E-state index is -0.594. The molecule has 6 nitrogen and oxygen atoms in total. The number of fused-ring (bicyclic) bond motifs is 2. The molecule has 1 aliphatic carbocycles. The summed E-state index contributed by atoms with van der Waals surface area (Å²) >= 11 is 2.21. The zero-order chi connectivity index (χ0) is 23.7. The first kappa shape index (κ1) is 23.4. The van der Waals surface area contributed by atoms with Crippen LogP contribution in [0.1, 0.15) is 55.1 Å². The first-order valence-corrected chi connectivity index (χ1v) is 12.1. The molecule has 0 spiro atoms. The van der Waals surface area contributed by atoms with Crippen molar-refractivity contribution in [1.29, 1.82) is 0 Å². The van der Waals surface area contributed by atoms with E-state index in [0.29, 0.717) is 47.1 Å². The topological polar surface area (TPSA) is 73.9 Å². The van der Waals surface area contributed by atoms with E-state index in [-0.39, 0.29) is 12.4 Å². The molecule has 0 unspecified atom stereocenters. The number of hydrogen-bond acceptors (Lipinski definition) is 6. The summed E-state index contributed by atoms with van der Waals surface area (Å²) in [5.74, 6) is 0.125. The molecular formula is C26H26INO5. The number of dihydropyridines is 1. The molecule has 2 aromatic carbocycles. The number of esters is 1. The third-order valence-electron chi connectivity index (χ3n) is 5.70. The lowest BCUT2D eigenvalue weighted by Gasteiger charge is -2.30. The lowest BCUT2D eigenvalue weighted by molar-refractivity contribution is -0.138. The Morgan fingerprint density at radius 2 is 1.73 bits per heavy atom. The Balaban J connectivity index is 1.95. The molecule has 172 valence electrons. The number of ketones is 1. The summed E-state index contributed by atoms with van der Waals surface area (Å²) in [6.45, 7) is 8.65. The third kappa shape index (κ3) is 4.03. The molecule has 4 rings (SSSR count). The van der Waals surface area contributed by atoms with Gasteiger partial charge in [-0.15, -0.1) is 0 Å². The number of nitrogens with one attached hydrogen (secondary N) is 1. The molecule has 0 aromatic heterocycles. The molecule has 2 aliphatic rings. The summed E-state index contributed by atoms with van der Waals surface area (Å²) in [6.07, 6.45) is 0. The van der Waals surface area contributed by atoms with Crippen LogP contribution in [0.5, 0.6) is 11.5 Å². The first-order valence-electron chi connectivity index (χ1n) is 11.0. The van der Waals surface area contributed by atoms with Gasteiger partial charge in [-0.1, -0.05) is 24.3 Å². The van der Waals surface area contributed by atoms with Gasteiger partial charge in [0.1, 0.15) is 0 Å². The van der Waals surface area contributed by atoms with Crippen LogP contribution >= 0.6 is 22.6 Å². The second kappa shape index (κ2) is 9.59. The molecule has 0 bridgehead atoms. The SMILES string of the molecule is CCOC(=O)C1=C(C)NC2=C(C(=O)c3ccccc32)[C@H]1c1cc(I)c(OCC)c(OCC)c1. The fourth-order valence-corrected chi connectivity index (χ4v) is 5.22. The summed E-state index contributed by atoms with van der Waals surface area (Å²) < 4.78 is 18.0. The predicted molar refractivity (Wildman–Crippen MR) is 134 cm³/mol. The van der Waals surface area contributed by atoms with E-state index < -0.39 is 11.9 Å². The van der Waals surface area contributed by atoms with Gasteiger partial charge in [0.25, 0.3) is 0 Å². The fourth-order valence-electron chi connectivity index (χ4n) is 4.44. The number of hydrogen-bond donors (Lipinski definition) is 1. The summed E-state index contributed by atoms with van der Waals surface area (Å²) in [5.41, 5.74) is 4.64. The monoisotopic (exact) mass is 559 g/mol. The fraction of sp³-hybridized carbons (Fsp3) is 0.308. The minimum Gasteiger partial charge on any atom is -0.490 e. The molecule has 33 heavy (non-hydrogen) atoms. The van der Waals surface area contributed by atoms with Crippen molar-refractivity contribution < 1.29 is 23.8 Å². The van der Waals surface area contributed by atoms with Crippen LogP contribution in [0.4, 0.5) is 0 Å². The van der Waals surface area contributed by atoms with Crippen molar-refractivity contribution in [3.8, 4) is 11.5 Å². The number of carbonyl (C=O) groups excluding carboxylic acids is 2. The quantitative estimate of drug-likeness (QED) is 0.371. The third-order valence-corrected chi connectivity index (χ3v) is 6.50. The molecule has 0 amide bonds. The van der Waals surface area contributed by atoms with Gasteiger partial charge < -0.3 is 19.5 Å². The second-order valence-electron chi connectivity index (χ2n) is 7.68. The van der Waals surface area contributed by atoms with Gasteiger partial charge in [0, 0.05) is 28.3 Å². The van der Waals surface area contributed by atoms with Crippen LogP contribution in [0.3, 0.4) is 0 Å². The number of halogens is 1. The van der Waals surface area contributed by atoms with Crippen molar-refractivity contribution in [1.82, 2.24) is 5.32 Å². The minimum absolute atomic E-state index is 0.0887. The lowest BCUT2D eigenvalue weighted by atomic mass is 9.79. The summed E-state index contributed by atoms with van der Waals surface area (Å²) in [7, 11) is 0. The van der Waals surface area contributed by atoms with E-state index in [1.54, 1.807) is 6.92 Å². The smallest absolute Gasteiger partial charge is 0.336 e. The van der Waals surface area contributed by atoms with E-state index >= 15 is 0 Å². The average molecular weight is 559 g/mol. The van der Waals surface area contributed by atoms with Crippen molar-refractivity contribution in [2.75, 3.05) is 19.8 Å². The molecule has 1 atom stereocenters. The van der Waals surface area contributed by atoms with Gasteiger partial charge in [-0.3, -0.25) is 4.79 Å². The second-order valence-corrected chi connectivity index (χ2v) is 8.84. The highest BCUT2D eigenvalue weighted by atomic mass is 127. The summed E-state index contributed by atoms with van der Waals surface area (Å²) in [4.78, 5) is 26.7. The van der Waals surface area contributed by atoms with Crippen molar-refractivity contribution in [3.63, 3.8) is 0 Å². The van der Waals surface area contributed by atoms with E-state index in [2.05, 4.69) is 27.9 Å². The van der Waals surface area contributed by atoms with Crippen LogP contribution < -0.4 is 14.8 Å². The zero-order valence-corrected chi connectivity index (χ0v) is 21.2. The van der Waals surface area contributed by atoms with Gasteiger partial charge in [0.2, 0.25) is 0 Å². The standard InChI is InChI=1S/C26H26INO5/c1-5-31-19-13-15(12-18(27)25(19)32-6-2)21-20(26(30)33-7-3)14(4)28-23-16-10-8-9-11-17(16)24(29)22(21)23/h8-13,21,28H,5-7H2,1-4H3/t21-/m0/s1. The number of ether oxygens (including phenoxy) is 3. The molecule has 0 fully saturated rings. The Hall–Kier alpha value is -2.81. The summed E-state index contributed by atoms with van der Waals surface area (Å²) in [5, 5.41) is 3.32. The van der Waals surface area contributed by atoms with Crippen LogP contribution in [0.15, 0.2) is 53.2 Å².